The van der Waals surface area contributed by atoms with E-state index in [1.54, 1.807) is 6.20 Å². The summed E-state index contributed by atoms with van der Waals surface area (Å²) >= 11 is 0. The largest absolute Gasteiger partial charge is 0.337 e. The first-order valence-corrected chi connectivity index (χ1v) is 6.84. The van der Waals surface area contributed by atoms with Gasteiger partial charge in [-0.1, -0.05) is 36.4 Å². The average molecular weight is 280 g/mol. The summed E-state index contributed by atoms with van der Waals surface area (Å²) < 4.78 is 1.83. The maximum atomic E-state index is 11.9. The number of aromatic nitrogens is 2. The van der Waals surface area contributed by atoms with Crippen molar-refractivity contribution in [2.24, 2.45) is 0 Å². The lowest BCUT2D eigenvalue weighted by Gasteiger charge is -2.07. The van der Waals surface area contributed by atoms with Crippen LogP contribution in [0, 0.1) is 0 Å². The topological polar surface area (TPSA) is 58.4 Å². The lowest BCUT2D eigenvalue weighted by Crippen LogP contribution is -2.31. The third-order valence-corrected chi connectivity index (χ3v) is 3.21. The maximum Gasteiger partial charge on any atom is 0.321 e. The summed E-state index contributed by atoms with van der Waals surface area (Å²) in [5.74, 6) is 0.516. The van der Waals surface area contributed by atoms with E-state index in [9.17, 15) is 4.79 Å². The molecule has 2 heterocycles. The van der Waals surface area contributed by atoms with Gasteiger partial charge in [-0.3, -0.25) is 9.72 Å². The molecule has 2 N–H and O–H groups in total. The molecule has 0 saturated carbocycles. The fourth-order valence-electron chi connectivity index (χ4n) is 2.15. The molecule has 0 atom stereocenters. The van der Waals surface area contributed by atoms with E-state index in [2.05, 4.69) is 15.6 Å². The first kappa shape index (κ1) is 13.2. The van der Waals surface area contributed by atoms with Crippen LogP contribution in [0.2, 0.25) is 0 Å². The highest BCUT2D eigenvalue weighted by Crippen LogP contribution is 2.09. The molecule has 2 amide bonds. The highest BCUT2D eigenvalue weighted by atomic mass is 16.2. The lowest BCUT2D eigenvalue weighted by atomic mass is 10.1. The minimum absolute atomic E-state index is 0.248. The molecule has 3 rings (SSSR count). The zero-order valence-corrected chi connectivity index (χ0v) is 11.5. The summed E-state index contributed by atoms with van der Waals surface area (Å²) in [5.41, 5.74) is 2.14. The number of imidazole rings is 1. The fraction of sp³-hybridized carbons (Fsp3) is 0.125. The SMILES string of the molecule is O=C(NCCc1ccccc1)Nc1ncc2ccccn12. The van der Waals surface area contributed by atoms with E-state index in [1.165, 1.54) is 5.56 Å². The first-order chi connectivity index (χ1) is 10.3. The van der Waals surface area contributed by atoms with E-state index in [1.807, 2.05) is 59.1 Å². The van der Waals surface area contributed by atoms with Gasteiger partial charge in [0.05, 0.1) is 11.7 Å². The normalized spacial score (nSPS) is 10.5. The molecule has 106 valence electrons. The number of amides is 2. The molecule has 1 aromatic carbocycles. The van der Waals surface area contributed by atoms with Crippen molar-refractivity contribution in [2.45, 2.75) is 6.42 Å². The zero-order valence-electron chi connectivity index (χ0n) is 11.5. The van der Waals surface area contributed by atoms with E-state index in [4.69, 9.17) is 0 Å². The predicted molar refractivity (Wildman–Crippen MR) is 82.4 cm³/mol. The third-order valence-electron chi connectivity index (χ3n) is 3.21. The van der Waals surface area contributed by atoms with Crippen LogP contribution in [0.1, 0.15) is 5.56 Å². The molecular weight excluding hydrogens is 264 g/mol. The van der Waals surface area contributed by atoms with Crippen molar-refractivity contribution < 1.29 is 4.79 Å². The molecule has 0 fully saturated rings. The Morgan fingerprint density at radius 3 is 2.76 bits per heavy atom. The molecule has 0 aliphatic heterocycles. The minimum Gasteiger partial charge on any atom is -0.337 e. The van der Waals surface area contributed by atoms with Gasteiger partial charge in [0.15, 0.2) is 0 Å². The monoisotopic (exact) mass is 280 g/mol. The number of rotatable bonds is 4. The van der Waals surface area contributed by atoms with Crippen molar-refractivity contribution in [3.8, 4) is 0 Å². The molecule has 0 saturated heterocycles. The number of nitrogens with one attached hydrogen (secondary N) is 2. The summed E-state index contributed by atoms with van der Waals surface area (Å²) in [4.78, 5) is 16.1. The molecule has 0 aliphatic carbocycles. The van der Waals surface area contributed by atoms with Gasteiger partial charge in [0, 0.05) is 12.7 Å². The second kappa shape index (κ2) is 6.09. The fourth-order valence-corrected chi connectivity index (χ4v) is 2.15. The number of carbonyl (C=O) groups excluding carboxylic acids is 1. The number of pyridine rings is 1. The average Bonchev–Trinajstić information content (AvgIpc) is 2.92. The Balaban J connectivity index is 1.55. The molecule has 5 heteroatoms. The predicted octanol–water partition coefficient (Wildman–Crippen LogP) is 2.70. The lowest BCUT2D eigenvalue weighted by molar-refractivity contribution is 0.252. The van der Waals surface area contributed by atoms with Crippen molar-refractivity contribution in [3.05, 3.63) is 66.5 Å². The van der Waals surface area contributed by atoms with Crippen LogP contribution < -0.4 is 10.6 Å². The van der Waals surface area contributed by atoms with Gasteiger partial charge in [-0.15, -0.1) is 0 Å². The van der Waals surface area contributed by atoms with Crippen LogP contribution in [0.3, 0.4) is 0 Å². The summed E-state index contributed by atoms with van der Waals surface area (Å²) in [6.07, 6.45) is 4.39. The number of urea groups is 1. The number of nitrogens with zero attached hydrogens (tertiary/aromatic N) is 2. The summed E-state index contributed by atoms with van der Waals surface area (Å²) in [6.45, 7) is 0.582. The Hall–Kier alpha value is -2.82. The molecule has 21 heavy (non-hydrogen) atoms. The van der Waals surface area contributed by atoms with Gasteiger partial charge >= 0.3 is 6.03 Å². The van der Waals surface area contributed by atoms with Crippen LogP contribution in [0.4, 0.5) is 10.7 Å². The van der Waals surface area contributed by atoms with Crippen LogP contribution in [0.25, 0.3) is 5.52 Å². The summed E-state index contributed by atoms with van der Waals surface area (Å²) in [5, 5.41) is 5.58. The van der Waals surface area contributed by atoms with Gasteiger partial charge in [0.1, 0.15) is 0 Å². The van der Waals surface area contributed by atoms with Crippen LogP contribution in [-0.4, -0.2) is 22.0 Å². The van der Waals surface area contributed by atoms with Crippen LogP contribution in [0.15, 0.2) is 60.9 Å². The van der Waals surface area contributed by atoms with E-state index in [0.717, 1.165) is 11.9 Å². The van der Waals surface area contributed by atoms with E-state index in [-0.39, 0.29) is 6.03 Å². The number of fused-ring (bicyclic) bond motifs is 1. The molecule has 0 aliphatic rings. The first-order valence-electron chi connectivity index (χ1n) is 6.84. The molecule has 5 nitrogen and oxygen atoms in total. The van der Waals surface area contributed by atoms with Gasteiger partial charge < -0.3 is 5.32 Å². The number of hydrogen-bond donors (Lipinski definition) is 2. The quantitative estimate of drug-likeness (QED) is 0.772. The Morgan fingerprint density at radius 1 is 1.10 bits per heavy atom. The van der Waals surface area contributed by atoms with E-state index in [0.29, 0.717) is 12.5 Å². The van der Waals surface area contributed by atoms with E-state index < -0.39 is 0 Å². The van der Waals surface area contributed by atoms with E-state index >= 15 is 0 Å². The molecular formula is C16H16N4O. The standard InChI is InChI=1S/C16H16N4O/c21-16(17-10-9-13-6-2-1-3-7-13)19-15-18-12-14-8-4-5-11-20(14)15/h1-8,11-12H,9-10H2,(H2,17,18,19,21). The Kier molecular flexibility index (Phi) is 3.82. The van der Waals surface area contributed by atoms with Crippen LogP contribution >= 0.6 is 0 Å². The second-order valence-electron chi connectivity index (χ2n) is 4.69. The summed E-state index contributed by atoms with van der Waals surface area (Å²) in [6, 6.07) is 15.6. The maximum absolute atomic E-state index is 11.9. The van der Waals surface area contributed by atoms with Crippen LogP contribution in [-0.2, 0) is 6.42 Å². The van der Waals surface area contributed by atoms with Gasteiger partial charge in [0.2, 0.25) is 5.95 Å². The second-order valence-corrected chi connectivity index (χ2v) is 4.69. The van der Waals surface area contributed by atoms with Crippen molar-refractivity contribution in [1.29, 1.82) is 0 Å². The Labute approximate surface area is 122 Å². The zero-order chi connectivity index (χ0) is 14.5. The van der Waals surface area contributed by atoms with Gasteiger partial charge in [-0.25, -0.2) is 9.78 Å². The van der Waals surface area contributed by atoms with Crippen LogP contribution in [0.5, 0.6) is 0 Å². The van der Waals surface area contributed by atoms with Crippen molar-refractivity contribution in [3.63, 3.8) is 0 Å². The molecule has 0 unspecified atom stereocenters. The number of benzene rings is 1. The third kappa shape index (κ3) is 3.20. The van der Waals surface area contributed by atoms with Crippen molar-refractivity contribution in [2.75, 3.05) is 11.9 Å². The highest BCUT2D eigenvalue weighted by molar-refractivity contribution is 5.87. The van der Waals surface area contributed by atoms with Crippen molar-refractivity contribution >= 4 is 17.5 Å². The highest BCUT2D eigenvalue weighted by Gasteiger charge is 2.06. The Bertz CT molecular complexity index is 736. The number of hydrogen-bond acceptors (Lipinski definition) is 2. The number of carbonyl (C=O) groups is 1. The number of anilines is 1. The molecule has 0 bridgehead atoms. The van der Waals surface area contributed by atoms with Gasteiger partial charge in [0.25, 0.3) is 0 Å². The minimum atomic E-state index is -0.248. The Morgan fingerprint density at radius 2 is 1.90 bits per heavy atom. The molecule has 0 spiro atoms. The van der Waals surface area contributed by atoms with Gasteiger partial charge in [-0.05, 0) is 24.1 Å². The van der Waals surface area contributed by atoms with Gasteiger partial charge in [-0.2, -0.15) is 0 Å². The molecule has 2 aromatic heterocycles. The molecule has 3 aromatic rings. The molecule has 0 radical (unpaired) electrons. The summed E-state index contributed by atoms with van der Waals surface area (Å²) in [7, 11) is 0. The van der Waals surface area contributed by atoms with Crippen molar-refractivity contribution in [1.82, 2.24) is 14.7 Å². The smallest absolute Gasteiger partial charge is 0.321 e.